The predicted octanol–water partition coefficient (Wildman–Crippen LogP) is 5.35. The number of nitrogens with zero attached hydrogens (tertiary/aromatic N) is 3. The molecule has 0 saturated carbocycles. The summed E-state index contributed by atoms with van der Waals surface area (Å²) in [6, 6.07) is 14.0. The highest BCUT2D eigenvalue weighted by Crippen LogP contribution is 2.37. The Morgan fingerprint density at radius 2 is 1.86 bits per heavy atom. The van der Waals surface area contributed by atoms with Crippen molar-refractivity contribution in [2.75, 3.05) is 0 Å². The second-order valence-electron chi connectivity index (χ2n) is 4.83. The average Bonchev–Trinajstić information content (AvgIpc) is 2.92. The highest BCUT2D eigenvalue weighted by molar-refractivity contribution is 8.01. The molecule has 3 nitrogen and oxygen atoms in total. The minimum atomic E-state index is 0.704. The Morgan fingerprint density at radius 1 is 1.05 bits per heavy atom. The van der Waals surface area contributed by atoms with E-state index in [1.165, 1.54) is 0 Å². The van der Waals surface area contributed by atoms with E-state index in [1.807, 2.05) is 37.3 Å². The number of rotatable bonds is 2. The van der Waals surface area contributed by atoms with Crippen LogP contribution in [0.4, 0.5) is 0 Å². The highest BCUT2D eigenvalue weighted by Gasteiger charge is 2.11. The minimum absolute atomic E-state index is 0.704. The van der Waals surface area contributed by atoms with Gasteiger partial charge in [0.15, 0.2) is 4.34 Å². The van der Waals surface area contributed by atoms with Gasteiger partial charge in [-0.2, -0.15) is 5.10 Å². The molecule has 0 N–H and O–H groups in total. The number of thiazole rings is 1. The first-order chi connectivity index (χ1) is 10.7. The van der Waals surface area contributed by atoms with Gasteiger partial charge in [-0.25, -0.2) is 4.98 Å². The van der Waals surface area contributed by atoms with Crippen molar-refractivity contribution >= 4 is 55.7 Å². The molecule has 0 aliphatic heterocycles. The van der Waals surface area contributed by atoms with Crippen molar-refractivity contribution in [2.45, 2.75) is 16.3 Å². The van der Waals surface area contributed by atoms with Crippen molar-refractivity contribution in [1.29, 1.82) is 0 Å². The van der Waals surface area contributed by atoms with Gasteiger partial charge in [0.2, 0.25) is 0 Å². The second-order valence-corrected chi connectivity index (χ2v) is 7.53. The maximum Gasteiger partial charge on any atom is 0.157 e. The van der Waals surface area contributed by atoms with Crippen LogP contribution in [0, 0.1) is 6.92 Å². The zero-order valence-electron chi connectivity index (χ0n) is 11.6. The largest absolute Gasteiger partial charge is 0.229 e. The maximum atomic E-state index is 6.02. The van der Waals surface area contributed by atoms with Crippen LogP contribution in [0.25, 0.3) is 21.0 Å². The average molecular weight is 344 g/mol. The van der Waals surface area contributed by atoms with Gasteiger partial charge in [-0.15, -0.1) is 16.4 Å². The first-order valence-corrected chi connectivity index (χ1v) is 8.68. The molecule has 0 fully saturated rings. The van der Waals surface area contributed by atoms with Crippen LogP contribution >= 0.6 is 34.7 Å². The number of hydrogen-bond donors (Lipinski definition) is 0. The molecule has 2 aromatic carbocycles. The molecule has 6 heteroatoms. The van der Waals surface area contributed by atoms with E-state index >= 15 is 0 Å². The Balaban J connectivity index is 1.80. The zero-order chi connectivity index (χ0) is 15.1. The summed E-state index contributed by atoms with van der Waals surface area (Å²) in [7, 11) is 0. The standard InChI is InChI=1S/C16H10ClN3S2/c1-9-11-4-2-3-5-12(11)15(20-19-9)22-16-18-13-8-10(17)6-7-14(13)21-16/h2-8H,1H3. The first-order valence-electron chi connectivity index (χ1n) is 6.67. The van der Waals surface area contributed by atoms with Crippen LogP contribution in [0.5, 0.6) is 0 Å². The Labute approximate surface area is 140 Å². The lowest BCUT2D eigenvalue weighted by molar-refractivity contribution is 0.923. The van der Waals surface area contributed by atoms with E-state index < -0.39 is 0 Å². The third-order valence-electron chi connectivity index (χ3n) is 3.35. The monoisotopic (exact) mass is 343 g/mol. The van der Waals surface area contributed by atoms with E-state index in [0.717, 1.165) is 36.0 Å². The molecule has 2 aromatic heterocycles. The van der Waals surface area contributed by atoms with Gasteiger partial charge in [-0.3, -0.25) is 0 Å². The lowest BCUT2D eigenvalue weighted by atomic mass is 10.1. The molecule has 2 heterocycles. The lowest BCUT2D eigenvalue weighted by Gasteiger charge is -2.04. The van der Waals surface area contributed by atoms with Crippen LogP contribution in [0.2, 0.25) is 5.02 Å². The van der Waals surface area contributed by atoms with E-state index in [2.05, 4.69) is 27.3 Å². The molecular weight excluding hydrogens is 334 g/mol. The summed E-state index contributed by atoms with van der Waals surface area (Å²) in [5, 5.41) is 12.4. The predicted molar refractivity (Wildman–Crippen MR) is 93.0 cm³/mol. The Hall–Kier alpha value is -1.69. The van der Waals surface area contributed by atoms with Gasteiger partial charge in [0, 0.05) is 15.8 Å². The van der Waals surface area contributed by atoms with Gasteiger partial charge in [0.25, 0.3) is 0 Å². The quantitative estimate of drug-likeness (QED) is 0.491. The Bertz CT molecular complexity index is 997. The van der Waals surface area contributed by atoms with Gasteiger partial charge >= 0.3 is 0 Å². The molecule has 4 aromatic rings. The number of aromatic nitrogens is 3. The normalized spacial score (nSPS) is 11.4. The fourth-order valence-electron chi connectivity index (χ4n) is 2.29. The van der Waals surface area contributed by atoms with Crippen molar-refractivity contribution in [1.82, 2.24) is 15.2 Å². The van der Waals surface area contributed by atoms with Crippen LogP contribution < -0.4 is 0 Å². The van der Waals surface area contributed by atoms with E-state index in [-0.39, 0.29) is 0 Å². The minimum Gasteiger partial charge on any atom is -0.229 e. The molecular formula is C16H10ClN3S2. The number of halogens is 1. The third kappa shape index (κ3) is 2.45. The van der Waals surface area contributed by atoms with E-state index in [1.54, 1.807) is 23.1 Å². The topological polar surface area (TPSA) is 38.7 Å². The molecule has 108 valence electrons. The van der Waals surface area contributed by atoms with Crippen LogP contribution in [0.1, 0.15) is 5.69 Å². The van der Waals surface area contributed by atoms with Gasteiger partial charge in [-0.05, 0) is 36.9 Å². The molecule has 0 spiro atoms. The summed E-state index contributed by atoms with van der Waals surface area (Å²) in [6.07, 6.45) is 0. The number of hydrogen-bond acceptors (Lipinski definition) is 5. The van der Waals surface area contributed by atoms with Gasteiger partial charge in [0.05, 0.1) is 15.9 Å². The summed E-state index contributed by atoms with van der Waals surface area (Å²) in [5.41, 5.74) is 1.86. The first kappa shape index (κ1) is 13.9. The summed E-state index contributed by atoms with van der Waals surface area (Å²) >= 11 is 9.21. The summed E-state index contributed by atoms with van der Waals surface area (Å²) in [6.45, 7) is 1.98. The van der Waals surface area contributed by atoms with E-state index in [0.29, 0.717) is 5.02 Å². The number of benzene rings is 2. The molecule has 0 unspecified atom stereocenters. The maximum absolute atomic E-state index is 6.02. The van der Waals surface area contributed by atoms with Crippen molar-refractivity contribution < 1.29 is 0 Å². The molecule has 0 amide bonds. The molecule has 22 heavy (non-hydrogen) atoms. The van der Waals surface area contributed by atoms with Crippen molar-refractivity contribution in [3.05, 3.63) is 53.2 Å². The third-order valence-corrected chi connectivity index (χ3v) is 5.68. The smallest absolute Gasteiger partial charge is 0.157 e. The van der Waals surface area contributed by atoms with Crippen molar-refractivity contribution in [3.63, 3.8) is 0 Å². The van der Waals surface area contributed by atoms with Gasteiger partial charge in [-0.1, -0.05) is 35.9 Å². The van der Waals surface area contributed by atoms with Crippen LogP contribution in [-0.2, 0) is 0 Å². The zero-order valence-corrected chi connectivity index (χ0v) is 14.0. The summed E-state index contributed by atoms with van der Waals surface area (Å²) < 4.78 is 2.07. The Morgan fingerprint density at radius 3 is 2.73 bits per heavy atom. The fourth-order valence-corrected chi connectivity index (χ4v) is 4.49. The van der Waals surface area contributed by atoms with E-state index in [9.17, 15) is 0 Å². The van der Waals surface area contributed by atoms with Crippen LogP contribution in [0.15, 0.2) is 51.8 Å². The SMILES string of the molecule is Cc1nnc(Sc2nc3cc(Cl)ccc3s2)c2ccccc12. The van der Waals surface area contributed by atoms with E-state index in [4.69, 9.17) is 11.6 Å². The summed E-state index contributed by atoms with van der Waals surface area (Å²) in [5.74, 6) is 0. The molecule has 0 aliphatic rings. The molecule has 4 rings (SSSR count). The summed E-state index contributed by atoms with van der Waals surface area (Å²) in [4.78, 5) is 4.63. The van der Waals surface area contributed by atoms with Crippen molar-refractivity contribution in [2.24, 2.45) is 0 Å². The lowest BCUT2D eigenvalue weighted by Crippen LogP contribution is -1.92. The second kappa shape index (κ2) is 5.50. The molecule has 0 bridgehead atoms. The molecule has 0 saturated heterocycles. The molecule has 0 atom stereocenters. The van der Waals surface area contributed by atoms with Crippen LogP contribution in [-0.4, -0.2) is 15.2 Å². The fraction of sp³-hybridized carbons (Fsp3) is 0.0625. The number of aryl methyl sites for hydroxylation is 1. The van der Waals surface area contributed by atoms with Gasteiger partial charge in [0.1, 0.15) is 5.03 Å². The highest BCUT2D eigenvalue weighted by atomic mass is 35.5. The van der Waals surface area contributed by atoms with Gasteiger partial charge < -0.3 is 0 Å². The van der Waals surface area contributed by atoms with Crippen LogP contribution in [0.3, 0.4) is 0 Å². The molecule has 0 radical (unpaired) electrons. The van der Waals surface area contributed by atoms with Crippen molar-refractivity contribution in [3.8, 4) is 0 Å². The number of fused-ring (bicyclic) bond motifs is 2. The molecule has 0 aliphatic carbocycles. The Kier molecular flexibility index (Phi) is 3.48.